The Bertz CT molecular complexity index is 1340. The molecule has 6 nitrogen and oxygen atoms in total. The molecule has 5 rings (SSSR count). The van der Waals surface area contributed by atoms with Crippen LogP contribution in [0.2, 0.25) is 5.02 Å². The Balaban J connectivity index is 0.00000320. The van der Waals surface area contributed by atoms with Crippen LogP contribution in [-0.4, -0.2) is 17.8 Å². The zero-order valence-corrected chi connectivity index (χ0v) is 21.1. The molecule has 2 heterocycles. The van der Waals surface area contributed by atoms with Crippen LogP contribution in [0.3, 0.4) is 0 Å². The van der Waals surface area contributed by atoms with Gasteiger partial charge in [-0.2, -0.15) is 13.2 Å². The molecule has 0 radical (unpaired) electrons. The molecule has 4 N–H and O–H groups in total. The summed E-state index contributed by atoms with van der Waals surface area (Å²) >= 11 is 6.14. The van der Waals surface area contributed by atoms with Crippen molar-refractivity contribution in [1.29, 1.82) is 0 Å². The quantitative estimate of drug-likeness (QED) is 0.257. The smallest absolute Gasteiger partial charge is 0.416 e. The molecule has 0 saturated carbocycles. The van der Waals surface area contributed by atoms with E-state index in [1.165, 1.54) is 24.3 Å². The van der Waals surface area contributed by atoms with Crippen LogP contribution in [0.25, 0.3) is 0 Å². The summed E-state index contributed by atoms with van der Waals surface area (Å²) in [5, 5.41) is 12.2. The Morgan fingerprint density at radius 1 is 1.14 bits per heavy atom. The van der Waals surface area contributed by atoms with Gasteiger partial charge in [0.25, 0.3) is 5.91 Å². The average molecular weight is 557 g/mol. The summed E-state index contributed by atoms with van der Waals surface area (Å²) in [6, 6.07) is 10.1. The van der Waals surface area contributed by atoms with Crippen molar-refractivity contribution in [2.24, 2.45) is 0 Å². The second-order valence-corrected chi connectivity index (χ2v) is 9.59. The fraction of sp³-hybridized carbons (Fsp3) is 0.240. The number of anilines is 4. The largest absolute Gasteiger partial charge is 0.486 e. The first-order valence-corrected chi connectivity index (χ1v) is 11.4. The van der Waals surface area contributed by atoms with Crippen LogP contribution < -0.4 is 26.0 Å². The number of hydrogen-bond acceptors (Lipinski definition) is 5. The lowest BCUT2D eigenvalue weighted by Gasteiger charge is -2.18. The number of benzene rings is 3. The van der Waals surface area contributed by atoms with Crippen molar-refractivity contribution in [2.75, 3.05) is 21.3 Å². The Morgan fingerprint density at radius 3 is 2.49 bits per heavy atom. The number of fused-ring (bicyclic) bond motifs is 3. The van der Waals surface area contributed by atoms with Crippen molar-refractivity contribution >= 4 is 52.7 Å². The molecular formula is C25H22Cl2F4N4O2. The molecule has 1 unspecified atom stereocenters. The van der Waals surface area contributed by atoms with Crippen LogP contribution in [0.4, 0.5) is 40.3 Å². The predicted octanol–water partition coefficient (Wildman–Crippen LogP) is 7.12. The zero-order valence-electron chi connectivity index (χ0n) is 19.5. The summed E-state index contributed by atoms with van der Waals surface area (Å²) in [6.45, 7) is 3.77. The minimum atomic E-state index is -4.47. The normalized spacial score (nSPS) is 16.9. The Hall–Kier alpha value is -3.37. The highest BCUT2D eigenvalue weighted by Crippen LogP contribution is 2.48. The molecule has 3 aromatic carbocycles. The molecule has 0 bridgehead atoms. The van der Waals surface area contributed by atoms with Gasteiger partial charge in [-0.1, -0.05) is 17.7 Å². The second kappa shape index (κ2) is 9.50. The summed E-state index contributed by atoms with van der Waals surface area (Å²) < 4.78 is 59.0. The maximum Gasteiger partial charge on any atom is 0.416 e. The van der Waals surface area contributed by atoms with E-state index in [9.17, 15) is 22.4 Å². The van der Waals surface area contributed by atoms with Crippen LogP contribution in [0.15, 0.2) is 48.5 Å². The second-order valence-electron chi connectivity index (χ2n) is 9.18. The van der Waals surface area contributed by atoms with Crippen LogP contribution >= 0.6 is 24.0 Å². The van der Waals surface area contributed by atoms with E-state index in [0.717, 1.165) is 17.7 Å². The molecule has 0 saturated heterocycles. The molecule has 1 amide bonds. The lowest BCUT2D eigenvalue weighted by atomic mass is 9.97. The molecule has 0 aliphatic carbocycles. The van der Waals surface area contributed by atoms with Gasteiger partial charge in [-0.15, -0.1) is 12.4 Å². The summed E-state index contributed by atoms with van der Waals surface area (Å²) in [5.41, 5.74) is 1.17. The van der Waals surface area contributed by atoms with Gasteiger partial charge in [0.15, 0.2) is 6.29 Å². The van der Waals surface area contributed by atoms with Gasteiger partial charge in [0, 0.05) is 17.7 Å². The van der Waals surface area contributed by atoms with Gasteiger partial charge in [-0.25, -0.2) is 4.39 Å². The van der Waals surface area contributed by atoms with E-state index in [1.54, 1.807) is 12.1 Å². The Kier molecular flexibility index (Phi) is 6.85. The summed E-state index contributed by atoms with van der Waals surface area (Å²) in [6.07, 6.45) is -4.61. The van der Waals surface area contributed by atoms with Crippen LogP contribution in [0.1, 0.15) is 35.3 Å². The number of alkyl halides is 3. The molecule has 196 valence electrons. The third kappa shape index (κ3) is 5.21. The highest BCUT2D eigenvalue weighted by Gasteiger charge is 2.39. The first kappa shape index (κ1) is 26.7. The highest BCUT2D eigenvalue weighted by molar-refractivity contribution is 6.33. The average Bonchev–Trinajstić information content (AvgIpc) is 3.34. The molecule has 2 aliphatic rings. The van der Waals surface area contributed by atoms with Gasteiger partial charge in [0.05, 0.1) is 33.2 Å². The maximum absolute atomic E-state index is 14.3. The molecule has 0 aromatic heterocycles. The van der Waals surface area contributed by atoms with Crippen molar-refractivity contribution in [1.82, 2.24) is 0 Å². The van der Waals surface area contributed by atoms with Crippen LogP contribution in [0, 0.1) is 5.82 Å². The summed E-state index contributed by atoms with van der Waals surface area (Å²) in [4.78, 5) is 13.2. The predicted molar refractivity (Wildman–Crippen MR) is 138 cm³/mol. The van der Waals surface area contributed by atoms with E-state index in [-0.39, 0.29) is 34.4 Å². The summed E-state index contributed by atoms with van der Waals surface area (Å²) in [5.74, 6) is -0.683. The molecule has 0 fully saturated rings. The van der Waals surface area contributed by atoms with Crippen LogP contribution in [-0.2, 0) is 12.6 Å². The van der Waals surface area contributed by atoms with Gasteiger partial charge in [0.1, 0.15) is 17.2 Å². The number of carbonyl (C=O) groups is 1. The number of hydrogen-bond donors (Lipinski definition) is 4. The van der Waals surface area contributed by atoms with E-state index >= 15 is 0 Å². The fourth-order valence-electron chi connectivity index (χ4n) is 4.32. The van der Waals surface area contributed by atoms with Crippen molar-refractivity contribution in [3.05, 3.63) is 76.1 Å². The van der Waals surface area contributed by atoms with E-state index in [2.05, 4.69) is 21.3 Å². The van der Waals surface area contributed by atoms with Crippen molar-refractivity contribution < 1.29 is 27.1 Å². The zero-order chi connectivity index (χ0) is 25.8. The lowest BCUT2D eigenvalue weighted by Crippen LogP contribution is -2.32. The van der Waals surface area contributed by atoms with Gasteiger partial charge in [-0.05, 0) is 56.3 Å². The molecular weight excluding hydrogens is 535 g/mol. The van der Waals surface area contributed by atoms with E-state index in [4.69, 9.17) is 16.3 Å². The molecule has 0 spiro atoms. The molecule has 1 atom stereocenters. The highest BCUT2D eigenvalue weighted by atomic mass is 35.5. The van der Waals surface area contributed by atoms with Crippen molar-refractivity contribution in [3.63, 3.8) is 0 Å². The van der Waals surface area contributed by atoms with E-state index in [1.807, 2.05) is 13.8 Å². The van der Waals surface area contributed by atoms with Crippen molar-refractivity contribution in [2.45, 2.75) is 38.3 Å². The third-order valence-electron chi connectivity index (χ3n) is 5.91. The standard InChI is InChI=1S/C25H21ClF4N4O2.ClH/c1-24(2)11-15-19-18(32-23(33-19)34-20-16(26)4-3-5-17(20)27)10-14(21(15)36-24)22(35)31-13-8-6-12(7-9-13)25(28,29)30;/h3-10,23,32-34H,11H2,1-2H3,(H,31,35);1H. The molecule has 2 aliphatic heterocycles. The van der Waals surface area contributed by atoms with Gasteiger partial charge in [-0.3, -0.25) is 4.79 Å². The van der Waals surface area contributed by atoms with Gasteiger partial charge >= 0.3 is 6.18 Å². The first-order chi connectivity index (χ1) is 16.9. The molecule has 37 heavy (non-hydrogen) atoms. The van der Waals surface area contributed by atoms with Crippen molar-refractivity contribution in [3.8, 4) is 5.75 Å². The van der Waals surface area contributed by atoms with Gasteiger partial charge in [0.2, 0.25) is 0 Å². The first-order valence-electron chi connectivity index (χ1n) is 11.0. The maximum atomic E-state index is 14.3. The molecule has 12 heteroatoms. The minimum absolute atomic E-state index is 0. The van der Waals surface area contributed by atoms with Gasteiger partial charge < -0.3 is 26.0 Å². The number of rotatable bonds is 4. The third-order valence-corrected chi connectivity index (χ3v) is 6.23. The summed E-state index contributed by atoms with van der Waals surface area (Å²) in [7, 11) is 0. The number of para-hydroxylation sites is 1. The number of carbonyl (C=O) groups excluding carboxylic acids is 1. The van der Waals surface area contributed by atoms with Crippen LogP contribution in [0.5, 0.6) is 5.75 Å². The SMILES string of the molecule is CC1(C)Cc2c3c(cc(C(=O)Nc4ccc(C(F)(F)F)cc4)c2O1)NC(Nc1c(F)cccc1Cl)N3.Cl. The number of ether oxygens (including phenoxy) is 1. The Morgan fingerprint density at radius 2 is 1.84 bits per heavy atom. The number of nitrogens with one attached hydrogen (secondary N) is 4. The van der Waals surface area contributed by atoms with E-state index in [0.29, 0.717) is 23.5 Å². The minimum Gasteiger partial charge on any atom is -0.486 e. The monoisotopic (exact) mass is 556 g/mol. The number of halogens is 6. The Labute approximate surface area is 221 Å². The molecule has 3 aromatic rings. The topological polar surface area (TPSA) is 74.4 Å². The fourth-order valence-corrected chi connectivity index (χ4v) is 4.54. The van der Waals surface area contributed by atoms with E-state index < -0.39 is 35.4 Å². The lowest BCUT2D eigenvalue weighted by molar-refractivity contribution is -0.137. The number of amides is 1.